The van der Waals surface area contributed by atoms with Gasteiger partial charge in [0.2, 0.25) is 0 Å². The van der Waals surface area contributed by atoms with Crippen molar-refractivity contribution >= 4 is 19.2 Å². The van der Waals surface area contributed by atoms with Crippen LogP contribution in [0.25, 0.3) is 0 Å². The van der Waals surface area contributed by atoms with Crippen molar-refractivity contribution in [2.75, 3.05) is 0 Å². The normalized spacial score (nSPS) is 11.3. The molecule has 0 saturated heterocycles. The predicted molar refractivity (Wildman–Crippen MR) is 83.9 cm³/mol. The van der Waals surface area contributed by atoms with Gasteiger partial charge in [-0.05, 0) is 42.0 Å². The molecule has 0 bridgehead atoms. The minimum atomic E-state index is 0.770. The zero-order valence-electron chi connectivity index (χ0n) is 11.5. The maximum absolute atomic E-state index is 2.39. The van der Waals surface area contributed by atoms with Crippen LogP contribution in [0.2, 0.25) is 0 Å². The molecule has 0 heterocycles. The molecule has 0 saturated carbocycles. The second kappa shape index (κ2) is 6.16. The van der Waals surface area contributed by atoms with E-state index in [4.69, 9.17) is 0 Å². The molecule has 1 unspecified atom stereocenters. The molecule has 0 aliphatic carbocycles. The van der Waals surface area contributed by atoms with Crippen LogP contribution in [-0.2, 0) is 6.42 Å². The third-order valence-corrected chi connectivity index (χ3v) is 4.43. The summed E-state index contributed by atoms with van der Waals surface area (Å²) in [5.41, 5.74) is 4.27. The van der Waals surface area contributed by atoms with Crippen molar-refractivity contribution in [2.45, 2.75) is 33.6 Å². The lowest BCUT2D eigenvalue weighted by Crippen LogP contribution is -2.05. The highest BCUT2D eigenvalue weighted by Crippen LogP contribution is 2.15. The Kier molecular flexibility index (Phi) is 4.55. The van der Waals surface area contributed by atoms with E-state index in [0.717, 1.165) is 8.58 Å². The maximum Gasteiger partial charge on any atom is -0.0223 e. The van der Waals surface area contributed by atoms with Crippen LogP contribution in [0, 0.1) is 13.8 Å². The van der Waals surface area contributed by atoms with Crippen LogP contribution in [-0.4, -0.2) is 0 Å². The predicted octanol–water partition coefficient (Wildman–Crippen LogP) is 3.89. The van der Waals surface area contributed by atoms with Gasteiger partial charge in [0.25, 0.3) is 0 Å². The third kappa shape index (κ3) is 3.43. The molecule has 0 fully saturated rings. The summed E-state index contributed by atoms with van der Waals surface area (Å²) in [4.78, 5) is 0. The molecule has 94 valence electrons. The van der Waals surface area contributed by atoms with Crippen LogP contribution in [0.1, 0.15) is 30.0 Å². The Morgan fingerprint density at radius 2 is 1.56 bits per heavy atom. The smallest absolute Gasteiger partial charge is 0.0223 e. The molecule has 0 radical (unpaired) electrons. The fraction of sp³-hybridized carbons (Fsp3) is 0.294. The van der Waals surface area contributed by atoms with Gasteiger partial charge in [0.05, 0.1) is 0 Å². The monoisotopic (exact) mass is 256 g/mol. The molecular weight excluding hydrogens is 235 g/mol. The second-order valence-electron chi connectivity index (χ2n) is 4.88. The molecule has 2 aromatic rings. The number of hydrogen-bond donors (Lipinski definition) is 0. The zero-order valence-corrected chi connectivity index (χ0v) is 12.5. The Hall–Kier alpha value is -1.13. The Labute approximate surface area is 112 Å². The van der Waals surface area contributed by atoms with E-state index < -0.39 is 0 Å². The molecule has 1 atom stereocenters. The first-order valence-corrected chi connectivity index (χ1v) is 7.62. The largest absolute Gasteiger partial charge is 0.0651 e. The summed E-state index contributed by atoms with van der Waals surface area (Å²) in [6, 6.07) is 15.8. The van der Waals surface area contributed by atoms with Crippen molar-refractivity contribution in [2.24, 2.45) is 0 Å². The van der Waals surface area contributed by atoms with Crippen molar-refractivity contribution in [3.63, 3.8) is 0 Å². The Bertz CT molecular complexity index is 512. The van der Waals surface area contributed by atoms with Gasteiger partial charge in [-0.2, -0.15) is 0 Å². The van der Waals surface area contributed by atoms with Crippen LogP contribution < -0.4 is 10.6 Å². The Morgan fingerprint density at radius 1 is 0.889 bits per heavy atom. The van der Waals surface area contributed by atoms with Gasteiger partial charge in [-0.25, -0.2) is 0 Å². The van der Waals surface area contributed by atoms with E-state index in [0.29, 0.717) is 0 Å². The van der Waals surface area contributed by atoms with Crippen molar-refractivity contribution in [3.8, 4) is 0 Å². The summed E-state index contributed by atoms with van der Waals surface area (Å²) in [6.45, 7) is 6.59. The quantitative estimate of drug-likeness (QED) is 0.728. The molecule has 0 N–H and O–H groups in total. The minimum absolute atomic E-state index is 0.770. The van der Waals surface area contributed by atoms with Crippen molar-refractivity contribution in [1.29, 1.82) is 0 Å². The summed E-state index contributed by atoms with van der Waals surface area (Å²) in [7, 11) is 0.770. The number of rotatable bonds is 4. The van der Waals surface area contributed by atoms with Crippen LogP contribution in [0.3, 0.4) is 0 Å². The molecule has 18 heavy (non-hydrogen) atoms. The van der Waals surface area contributed by atoms with Gasteiger partial charge in [0.15, 0.2) is 0 Å². The maximum atomic E-state index is 2.39. The van der Waals surface area contributed by atoms with Gasteiger partial charge in [-0.15, -0.1) is 0 Å². The van der Waals surface area contributed by atoms with Crippen molar-refractivity contribution in [3.05, 3.63) is 59.2 Å². The van der Waals surface area contributed by atoms with Crippen LogP contribution in [0.15, 0.2) is 42.5 Å². The van der Waals surface area contributed by atoms with E-state index in [1.807, 2.05) is 0 Å². The van der Waals surface area contributed by atoms with Gasteiger partial charge in [-0.1, -0.05) is 70.0 Å². The lowest BCUT2D eigenvalue weighted by molar-refractivity contribution is 0.914. The molecular formula is C17H21P. The van der Waals surface area contributed by atoms with Crippen molar-refractivity contribution in [1.82, 2.24) is 0 Å². The van der Waals surface area contributed by atoms with E-state index in [1.165, 1.54) is 40.1 Å². The van der Waals surface area contributed by atoms with Gasteiger partial charge in [0, 0.05) is 0 Å². The highest BCUT2D eigenvalue weighted by atomic mass is 31.1. The zero-order chi connectivity index (χ0) is 13.0. The van der Waals surface area contributed by atoms with E-state index in [-0.39, 0.29) is 0 Å². The molecule has 1 heteroatoms. The average molecular weight is 256 g/mol. The van der Waals surface area contributed by atoms with E-state index in [9.17, 15) is 0 Å². The van der Waals surface area contributed by atoms with Crippen LogP contribution in [0.4, 0.5) is 0 Å². The summed E-state index contributed by atoms with van der Waals surface area (Å²) < 4.78 is 0. The lowest BCUT2D eigenvalue weighted by atomic mass is 10.0. The van der Waals surface area contributed by atoms with Gasteiger partial charge < -0.3 is 0 Å². The molecule has 0 aliphatic rings. The van der Waals surface area contributed by atoms with Gasteiger partial charge in [0.1, 0.15) is 0 Å². The summed E-state index contributed by atoms with van der Waals surface area (Å²) >= 11 is 0. The topological polar surface area (TPSA) is 0 Å². The first-order valence-electron chi connectivity index (χ1n) is 6.62. The van der Waals surface area contributed by atoms with E-state index in [1.54, 1.807) is 0 Å². The van der Waals surface area contributed by atoms with Gasteiger partial charge in [-0.3, -0.25) is 0 Å². The molecule has 2 aromatic carbocycles. The molecule has 0 spiro atoms. The van der Waals surface area contributed by atoms with Gasteiger partial charge >= 0.3 is 0 Å². The Balaban J connectivity index is 2.18. The van der Waals surface area contributed by atoms with E-state index in [2.05, 4.69) is 63.2 Å². The molecule has 0 aliphatic heterocycles. The number of hydrogen-bond acceptors (Lipinski definition) is 0. The number of benzene rings is 2. The molecule has 2 rings (SSSR count). The second-order valence-corrected chi connectivity index (χ2v) is 6.29. The first-order chi connectivity index (χ1) is 8.69. The van der Waals surface area contributed by atoms with E-state index >= 15 is 0 Å². The lowest BCUT2D eigenvalue weighted by Gasteiger charge is -2.08. The standard InChI is InChI=1S/C17H21P/c1-4-5-15-12-17(11-8-14(15)3)18-16-9-6-13(2)7-10-16/h6-12,18H,4-5H2,1-3H3. The highest BCUT2D eigenvalue weighted by molar-refractivity contribution is 7.55. The minimum Gasteiger partial charge on any atom is -0.0651 e. The van der Waals surface area contributed by atoms with Crippen LogP contribution in [0.5, 0.6) is 0 Å². The molecule has 0 amide bonds. The SMILES string of the molecule is CCCc1cc(Pc2ccc(C)cc2)ccc1C. The molecule has 0 nitrogen and oxygen atoms in total. The fourth-order valence-electron chi connectivity index (χ4n) is 2.09. The van der Waals surface area contributed by atoms with Crippen molar-refractivity contribution < 1.29 is 0 Å². The number of aryl methyl sites for hydroxylation is 3. The average Bonchev–Trinajstić information content (AvgIpc) is 2.37. The Morgan fingerprint density at radius 3 is 2.22 bits per heavy atom. The summed E-state index contributed by atoms with van der Waals surface area (Å²) in [5.74, 6) is 0. The third-order valence-electron chi connectivity index (χ3n) is 3.21. The first kappa shape index (κ1) is 13.3. The summed E-state index contributed by atoms with van der Waals surface area (Å²) in [6.07, 6.45) is 2.41. The van der Waals surface area contributed by atoms with Crippen LogP contribution >= 0.6 is 8.58 Å². The highest BCUT2D eigenvalue weighted by Gasteiger charge is 2.01. The fourth-order valence-corrected chi connectivity index (χ4v) is 3.17. The summed E-state index contributed by atoms with van der Waals surface area (Å²) in [5, 5.41) is 2.87. The molecule has 0 aromatic heterocycles.